The first-order chi connectivity index (χ1) is 10.8. The van der Waals surface area contributed by atoms with E-state index in [4.69, 9.17) is 5.26 Å². The van der Waals surface area contributed by atoms with Gasteiger partial charge < -0.3 is 5.11 Å². The molecule has 0 unspecified atom stereocenters. The number of nitrogens with zero attached hydrogens (tertiary/aromatic N) is 1. The molecule has 7 heteroatoms. The number of rotatable bonds is 5. The van der Waals surface area contributed by atoms with E-state index in [1.54, 1.807) is 31.2 Å². The molecule has 0 saturated carbocycles. The molecule has 0 radical (unpaired) electrons. The quantitative estimate of drug-likeness (QED) is 0.876. The molecular formula is C16H14N2O4S. The Bertz CT molecular complexity index is 899. The van der Waals surface area contributed by atoms with Crippen LogP contribution in [0.1, 0.15) is 21.5 Å². The number of hydrogen-bond acceptors (Lipinski definition) is 4. The highest BCUT2D eigenvalue weighted by molar-refractivity contribution is 7.92. The fourth-order valence-corrected chi connectivity index (χ4v) is 3.44. The number of benzene rings is 2. The molecule has 0 bridgehead atoms. The van der Waals surface area contributed by atoms with Gasteiger partial charge in [-0.3, -0.25) is 4.72 Å². The predicted molar refractivity (Wildman–Crippen MR) is 84.7 cm³/mol. The van der Waals surface area contributed by atoms with E-state index in [-0.39, 0.29) is 22.6 Å². The minimum atomic E-state index is -4.00. The maximum Gasteiger partial charge on any atom is 0.337 e. The monoisotopic (exact) mass is 330 g/mol. The van der Waals surface area contributed by atoms with Gasteiger partial charge in [-0.25, -0.2) is 13.2 Å². The Balaban J connectivity index is 2.48. The van der Waals surface area contributed by atoms with Gasteiger partial charge in [0.15, 0.2) is 0 Å². The summed E-state index contributed by atoms with van der Waals surface area (Å²) >= 11 is 0. The number of nitriles is 1. The van der Waals surface area contributed by atoms with Crippen LogP contribution in [-0.4, -0.2) is 19.5 Å². The number of anilines is 1. The summed E-state index contributed by atoms with van der Waals surface area (Å²) in [5, 5.41) is 18.0. The van der Waals surface area contributed by atoms with Gasteiger partial charge in [-0.15, -0.1) is 0 Å². The lowest BCUT2D eigenvalue weighted by molar-refractivity contribution is 0.0698. The second kappa shape index (κ2) is 6.50. The first-order valence-electron chi connectivity index (χ1n) is 6.67. The molecule has 0 aliphatic rings. The molecule has 0 fully saturated rings. The van der Waals surface area contributed by atoms with Crippen molar-refractivity contribution in [3.63, 3.8) is 0 Å². The number of hydrogen-bond donors (Lipinski definition) is 2. The second-order valence-corrected chi connectivity index (χ2v) is 6.55. The van der Waals surface area contributed by atoms with Crippen molar-refractivity contribution in [2.75, 3.05) is 4.72 Å². The largest absolute Gasteiger partial charge is 0.478 e. The average Bonchev–Trinajstić information content (AvgIpc) is 2.49. The van der Waals surface area contributed by atoms with Gasteiger partial charge in [-0.1, -0.05) is 29.8 Å². The van der Waals surface area contributed by atoms with Crippen molar-refractivity contribution >= 4 is 21.7 Å². The number of carboxylic acid groups (broad SMARTS) is 1. The van der Waals surface area contributed by atoms with Crippen molar-refractivity contribution in [2.24, 2.45) is 0 Å². The maximum absolute atomic E-state index is 12.5. The predicted octanol–water partition coefficient (Wildman–Crippen LogP) is 2.56. The van der Waals surface area contributed by atoms with Crippen molar-refractivity contribution in [3.05, 3.63) is 59.2 Å². The smallest absolute Gasteiger partial charge is 0.337 e. The van der Waals surface area contributed by atoms with Crippen molar-refractivity contribution < 1.29 is 18.3 Å². The number of carbonyl (C=O) groups is 1. The average molecular weight is 330 g/mol. The molecule has 23 heavy (non-hydrogen) atoms. The number of sulfonamides is 1. The highest BCUT2D eigenvalue weighted by Crippen LogP contribution is 2.23. The van der Waals surface area contributed by atoms with Crippen molar-refractivity contribution in [1.29, 1.82) is 5.26 Å². The van der Waals surface area contributed by atoms with Gasteiger partial charge in [0.25, 0.3) is 10.0 Å². The van der Waals surface area contributed by atoms with E-state index in [1.807, 2.05) is 6.07 Å². The summed E-state index contributed by atoms with van der Waals surface area (Å²) in [5.41, 5.74) is 0.905. The SMILES string of the molecule is Cc1ccc(NS(=O)(=O)c2ccccc2CC#N)c(C(=O)O)c1. The summed E-state index contributed by atoms with van der Waals surface area (Å²) in [6.45, 7) is 1.72. The van der Waals surface area contributed by atoms with Crippen LogP contribution >= 0.6 is 0 Å². The number of aromatic carboxylic acids is 1. The molecule has 0 spiro atoms. The lowest BCUT2D eigenvalue weighted by Crippen LogP contribution is -2.17. The molecule has 0 aromatic heterocycles. The van der Waals surface area contributed by atoms with Gasteiger partial charge in [-0.2, -0.15) is 5.26 Å². The van der Waals surface area contributed by atoms with Crippen molar-refractivity contribution in [1.82, 2.24) is 0 Å². The second-order valence-electron chi connectivity index (χ2n) is 4.90. The molecule has 2 aromatic carbocycles. The van der Waals surface area contributed by atoms with Crippen LogP contribution in [0.3, 0.4) is 0 Å². The Labute approximate surface area is 134 Å². The van der Waals surface area contributed by atoms with Crippen LogP contribution in [0.25, 0.3) is 0 Å². The zero-order chi connectivity index (χ0) is 17.0. The lowest BCUT2D eigenvalue weighted by Gasteiger charge is -2.13. The Hall–Kier alpha value is -2.85. The van der Waals surface area contributed by atoms with Crippen molar-refractivity contribution in [2.45, 2.75) is 18.2 Å². The molecule has 0 heterocycles. The van der Waals surface area contributed by atoms with Gasteiger partial charge in [-0.05, 0) is 30.7 Å². The molecule has 0 saturated heterocycles. The molecule has 0 aliphatic heterocycles. The van der Waals surface area contributed by atoms with Crippen LogP contribution in [0, 0.1) is 18.3 Å². The standard InChI is InChI=1S/C16H14N2O4S/c1-11-6-7-14(13(10-11)16(19)20)18-23(21,22)15-5-3-2-4-12(15)8-9-17/h2-7,10,18H,8H2,1H3,(H,19,20). The molecular weight excluding hydrogens is 316 g/mol. The highest BCUT2D eigenvalue weighted by Gasteiger charge is 2.21. The third-order valence-corrected chi connectivity index (χ3v) is 4.65. The fourth-order valence-electron chi connectivity index (χ4n) is 2.12. The van der Waals surface area contributed by atoms with Crippen LogP contribution in [0.2, 0.25) is 0 Å². The van der Waals surface area contributed by atoms with E-state index in [1.165, 1.54) is 18.2 Å². The molecule has 0 aliphatic carbocycles. The van der Waals surface area contributed by atoms with Gasteiger partial charge in [0, 0.05) is 0 Å². The Kier molecular flexibility index (Phi) is 4.67. The molecule has 6 nitrogen and oxygen atoms in total. The summed E-state index contributed by atoms with van der Waals surface area (Å²) in [5.74, 6) is -1.23. The van der Waals surface area contributed by atoms with Crippen molar-refractivity contribution in [3.8, 4) is 6.07 Å². The zero-order valence-corrected chi connectivity index (χ0v) is 13.1. The Morgan fingerprint density at radius 2 is 1.96 bits per heavy atom. The first-order valence-corrected chi connectivity index (χ1v) is 8.15. The zero-order valence-electron chi connectivity index (χ0n) is 12.3. The van der Waals surface area contributed by atoms with Crippen LogP contribution < -0.4 is 4.72 Å². The highest BCUT2D eigenvalue weighted by atomic mass is 32.2. The van der Waals surface area contributed by atoms with Gasteiger partial charge in [0.1, 0.15) is 0 Å². The van der Waals surface area contributed by atoms with Gasteiger partial charge in [0.2, 0.25) is 0 Å². The van der Waals surface area contributed by atoms with Crippen LogP contribution in [0.15, 0.2) is 47.4 Å². The molecule has 118 valence electrons. The minimum Gasteiger partial charge on any atom is -0.478 e. The van der Waals surface area contributed by atoms with Crippen LogP contribution in [0.4, 0.5) is 5.69 Å². The molecule has 2 rings (SSSR count). The molecule has 0 amide bonds. The maximum atomic E-state index is 12.5. The number of carboxylic acids is 1. The van der Waals surface area contributed by atoms with E-state index in [9.17, 15) is 18.3 Å². The third kappa shape index (κ3) is 3.67. The topological polar surface area (TPSA) is 107 Å². The number of nitrogens with one attached hydrogen (secondary N) is 1. The third-order valence-electron chi connectivity index (χ3n) is 3.18. The van der Waals surface area contributed by atoms with E-state index >= 15 is 0 Å². The Morgan fingerprint density at radius 1 is 1.26 bits per heavy atom. The summed E-state index contributed by atoms with van der Waals surface area (Å²) in [7, 11) is -4.00. The summed E-state index contributed by atoms with van der Waals surface area (Å²) < 4.78 is 27.4. The van der Waals surface area contributed by atoms with E-state index < -0.39 is 16.0 Å². The van der Waals surface area contributed by atoms with Crippen LogP contribution in [-0.2, 0) is 16.4 Å². The summed E-state index contributed by atoms with van der Waals surface area (Å²) in [6.07, 6.45) is -0.0588. The number of aryl methyl sites for hydroxylation is 1. The van der Waals surface area contributed by atoms with E-state index in [0.717, 1.165) is 0 Å². The summed E-state index contributed by atoms with van der Waals surface area (Å²) in [4.78, 5) is 11.2. The van der Waals surface area contributed by atoms with Crippen LogP contribution in [0.5, 0.6) is 0 Å². The summed E-state index contributed by atoms with van der Waals surface area (Å²) in [6, 6.07) is 12.4. The van der Waals surface area contributed by atoms with Gasteiger partial charge in [0.05, 0.1) is 28.6 Å². The van der Waals surface area contributed by atoms with Gasteiger partial charge >= 0.3 is 5.97 Å². The lowest BCUT2D eigenvalue weighted by atomic mass is 10.1. The minimum absolute atomic E-state index is 0.0186. The first kappa shape index (κ1) is 16.5. The van der Waals surface area contributed by atoms with E-state index in [0.29, 0.717) is 11.1 Å². The Morgan fingerprint density at radius 3 is 2.61 bits per heavy atom. The normalized spacial score (nSPS) is 10.8. The fraction of sp³-hybridized carbons (Fsp3) is 0.125. The van der Waals surface area contributed by atoms with E-state index in [2.05, 4.69) is 4.72 Å². The molecule has 0 atom stereocenters. The molecule has 2 N–H and O–H groups in total. The molecule has 2 aromatic rings.